The number of aromatic nitrogens is 1. The molecule has 1 saturated heterocycles. The van der Waals surface area contributed by atoms with Crippen LogP contribution in [0.4, 0.5) is 0 Å². The molecular formula is C21H25ClN2O. The third-order valence-corrected chi connectivity index (χ3v) is 5.31. The minimum Gasteiger partial charge on any atom is -0.317 e. The van der Waals surface area contributed by atoms with Crippen LogP contribution in [0, 0.1) is 5.92 Å². The standard InChI is InChI=1S/C19H19ClN2O.C2H6/c20-14-3-4-15-16(11-14)17(23)10-13-2-1-7-22-19(13)18(15)12-5-8-21-9-6-12;1-2/h1-4,7,11-12,18,21H,5-6,8-10H2;1-2H3. The molecule has 1 unspecified atom stereocenters. The number of benzene rings is 1. The molecule has 1 atom stereocenters. The molecule has 4 rings (SSSR count). The Balaban J connectivity index is 0.000000880. The quantitative estimate of drug-likeness (QED) is 0.809. The van der Waals surface area contributed by atoms with Crippen molar-refractivity contribution < 1.29 is 4.79 Å². The Bertz CT molecular complexity index is 753. The molecule has 4 heteroatoms. The van der Waals surface area contributed by atoms with Crippen molar-refractivity contribution in [1.29, 1.82) is 0 Å². The molecule has 0 saturated carbocycles. The lowest BCUT2D eigenvalue weighted by Crippen LogP contribution is -2.32. The summed E-state index contributed by atoms with van der Waals surface area (Å²) >= 11 is 6.16. The van der Waals surface area contributed by atoms with Gasteiger partial charge in [0.1, 0.15) is 0 Å². The first-order valence-corrected chi connectivity index (χ1v) is 9.59. The van der Waals surface area contributed by atoms with E-state index in [0.29, 0.717) is 17.4 Å². The number of carbonyl (C=O) groups is 1. The average molecular weight is 357 g/mol. The lowest BCUT2D eigenvalue weighted by atomic mass is 9.77. The third-order valence-electron chi connectivity index (χ3n) is 5.08. The van der Waals surface area contributed by atoms with Crippen LogP contribution in [0.2, 0.25) is 5.02 Å². The molecule has 1 aliphatic carbocycles. The van der Waals surface area contributed by atoms with Crippen molar-refractivity contribution in [3.8, 4) is 0 Å². The van der Waals surface area contributed by atoms with Gasteiger partial charge in [0.2, 0.25) is 0 Å². The summed E-state index contributed by atoms with van der Waals surface area (Å²) < 4.78 is 0. The average Bonchev–Trinajstić information content (AvgIpc) is 2.78. The lowest BCUT2D eigenvalue weighted by molar-refractivity contribution is 0.0993. The maximum absolute atomic E-state index is 12.8. The number of nitrogens with zero attached hydrogens (tertiary/aromatic N) is 1. The van der Waals surface area contributed by atoms with Gasteiger partial charge in [0.25, 0.3) is 0 Å². The Morgan fingerprint density at radius 3 is 2.68 bits per heavy atom. The van der Waals surface area contributed by atoms with E-state index in [1.54, 1.807) is 0 Å². The number of nitrogens with one attached hydrogen (secondary N) is 1. The third kappa shape index (κ3) is 3.63. The molecule has 2 aromatic rings. The van der Waals surface area contributed by atoms with Crippen LogP contribution in [-0.2, 0) is 6.42 Å². The number of fused-ring (bicyclic) bond motifs is 2. The number of hydrogen-bond donors (Lipinski definition) is 1. The van der Waals surface area contributed by atoms with Gasteiger partial charge in [-0.05, 0) is 61.2 Å². The molecule has 0 bridgehead atoms. The summed E-state index contributed by atoms with van der Waals surface area (Å²) in [4.78, 5) is 17.4. The highest BCUT2D eigenvalue weighted by Crippen LogP contribution is 2.41. The normalized spacial score (nSPS) is 20.0. The van der Waals surface area contributed by atoms with Gasteiger partial charge >= 0.3 is 0 Å². The van der Waals surface area contributed by atoms with E-state index in [4.69, 9.17) is 11.6 Å². The summed E-state index contributed by atoms with van der Waals surface area (Å²) in [5.74, 6) is 0.843. The van der Waals surface area contributed by atoms with Crippen molar-refractivity contribution in [2.75, 3.05) is 13.1 Å². The van der Waals surface area contributed by atoms with Gasteiger partial charge in [-0.1, -0.05) is 37.6 Å². The fourth-order valence-electron chi connectivity index (χ4n) is 3.99. The second-order valence-electron chi connectivity index (χ2n) is 6.44. The van der Waals surface area contributed by atoms with Crippen molar-refractivity contribution in [3.05, 3.63) is 63.9 Å². The zero-order chi connectivity index (χ0) is 17.8. The maximum Gasteiger partial charge on any atom is 0.167 e. The van der Waals surface area contributed by atoms with Crippen molar-refractivity contribution in [2.24, 2.45) is 5.92 Å². The molecular weight excluding hydrogens is 332 g/mol. The number of Topliss-reactive ketones (excluding diaryl/α,β-unsaturated/α-hetero) is 1. The fraction of sp³-hybridized carbons (Fsp3) is 0.429. The van der Waals surface area contributed by atoms with Gasteiger partial charge in [0.15, 0.2) is 5.78 Å². The second-order valence-corrected chi connectivity index (χ2v) is 6.88. The van der Waals surface area contributed by atoms with E-state index in [9.17, 15) is 4.79 Å². The largest absolute Gasteiger partial charge is 0.317 e. The van der Waals surface area contributed by atoms with Crippen LogP contribution < -0.4 is 5.32 Å². The second kappa shape index (κ2) is 8.11. The van der Waals surface area contributed by atoms with Gasteiger partial charge in [-0.3, -0.25) is 9.78 Å². The molecule has 25 heavy (non-hydrogen) atoms. The van der Waals surface area contributed by atoms with Crippen LogP contribution in [-0.4, -0.2) is 23.9 Å². The number of halogens is 1. The highest BCUT2D eigenvalue weighted by atomic mass is 35.5. The van der Waals surface area contributed by atoms with Crippen LogP contribution in [0.15, 0.2) is 36.5 Å². The predicted octanol–water partition coefficient (Wildman–Crippen LogP) is 4.63. The number of carbonyl (C=O) groups excluding carboxylic acids is 1. The summed E-state index contributed by atoms with van der Waals surface area (Å²) in [6.45, 7) is 6.06. The highest BCUT2D eigenvalue weighted by molar-refractivity contribution is 6.31. The molecule has 2 aliphatic rings. The van der Waals surface area contributed by atoms with E-state index < -0.39 is 0 Å². The number of ketones is 1. The molecule has 0 spiro atoms. The first kappa shape index (κ1) is 18.1. The minimum atomic E-state index is 0.146. The van der Waals surface area contributed by atoms with Gasteiger partial charge in [0, 0.05) is 29.1 Å². The molecule has 1 N–H and O–H groups in total. The molecule has 0 amide bonds. The number of hydrogen-bond acceptors (Lipinski definition) is 3. The number of pyridine rings is 1. The molecule has 2 heterocycles. The molecule has 132 valence electrons. The van der Waals surface area contributed by atoms with Gasteiger partial charge in [-0.25, -0.2) is 0 Å². The van der Waals surface area contributed by atoms with Gasteiger partial charge in [-0.2, -0.15) is 0 Å². The van der Waals surface area contributed by atoms with Gasteiger partial charge < -0.3 is 5.32 Å². The zero-order valence-corrected chi connectivity index (χ0v) is 15.6. The highest BCUT2D eigenvalue weighted by Gasteiger charge is 2.34. The Labute approximate surface area is 154 Å². The molecule has 1 aromatic carbocycles. The van der Waals surface area contributed by atoms with E-state index in [2.05, 4.69) is 10.3 Å². The van der Waals surface area contributed by atoms with Gasteiger partial charge in [-0.15, -0.1) is 0 Å². The maximum atomic E-state index is 12.8. The number of rotatable bonds is 1. The Morgan fingerprint density at radius 2 is 1.92 bits per heavy atom. The molecule has 1 aliphatic heterocycles. The van der Waals surface area contributed by atoms with E-state index >= 15 is 0 Å². The summed E-state index contributed by atoms with van der Waals surface area (Å²) in [5.41, 5.74) is 4.02. The van der Waals surface area contributed by atoms with Crippen LogP contribution in [0.1, 0.15) is 59.8 Å². The Kier molecular flexibility index (Phi) is 5.87. The zero-order valence-electron chi connectivity index (χ0n) is 14.9. The SMILES string of the molecule is CC.O=C1Cc2cccnc2C(C2CCNCC2)c2ccc(Cl)cc21. The van der Waals surface area contributed by atoms with Gasteiger partial charge in [0.05, 0.1) is 5.69 Å². The Hall–Kier alpha value is -1.71. The predicted molar refractivity (Wildman–Crippen MR) is 103 cm³/mol. The van der Waals surface area contributed by atoms with Crippen molar-refractivity contribution in [3.63, 3.8) is 0 Å². The van der Waals surface area contributed by atoms with Crippen molar-refractivity contribution >= 4 is 17.4 Å². The van der Waals surface area contributed by atoms with E-state index in [1.807, 2.05) is 50.4 Å². The van der Waals surface area contributed by atoms with Crippen molar-refractivity contribution in [1.82, 2.24) is 10.3 Å². The van der Waals surface area contributed by atoms with E-state index in [0.717, 1.165) is 48.3 Å². The molecule has 0 radical (unpaired) electrons. The minimum absolute atomic E-state index is 0.146. The van der Waals surface area contributed by atoms with Crippen LogP contribution >= 0.6 is 11.6 Å². The first-order valence-electron chi connectivity index (χ1n) is 9.21. The van der Waals surface area contributed by atoms with Crippen LogP contribution in [0.25, 0.3) is 0 Å². The molecule has 3 nitrogen and oxygen atoms in total. The van der Waals surface area contributed by atoms with Crippen LogP contribution in [0.3, 0.4) is 0 Å². The summed E-state index contributed by atoms with van der Waals surface area (Å²) in [7, 11) is 0. The topological polar surface area (TPSA) is 42.0 Å². The van der Waals surface area contributed by atoms with Crippen LogP contribution in [0.5, 0.6) is 0 Å². The fourth-order valence-corrected chi connectivity index (χ4v) is 4.16. The smallest absolute Gasteiger partial charge is 0.167 e. The summed E-state index contributed by atoms with van der Waals surface area (Å²) in [6.07, 6.45) is 4.48. The Morgan fingerprint density at radius 1 is 1.16 bits per heavy atom. The van der Waals surface area contributed by atoms with E-state index in [1.165, 1.54) is 0 Å². The lowest BCUT2D eigenvalue weighted by Gasteiger charge is -2.31. The molecule has 1 aromatic heterocycles. The van der Waals surface area contributed by atoms with Crippen molar-refractivity contribution in [2.45, 2.75) is 39.0 Å². The molecule has 1 fully saturated rings. The summed E-state index contributed by atoms with van der Waals surface area (Å²) in [5, 5.41) is 4.05. The first-order chi connectivity index (χ1) is 12.2. The number of piperidine rings is 1. The monoisotopic (exact) mass is 356 g/mol. The summed E-state index contributed by atoms with van der Waals surface area (Å²) in [6, 6.07) is 9.73. The van der Waals surface area contributed by atoms with E-state index in [-0.39, 0.29) is 11.7 Å².